The van der Waals surface area contributed by atoms with Crippen molar-refractivity contribution >= 4 is 23.5 Å². The highest BCUT2D eigenvalue weighted by atomic mass is 32.2. The molecular weight excluding hydrogens is 463 g/mol. The molecule has 0 saturated heterocycles. The number of halogens is 1. The van der Waals surface area contributed by atoms with Crippen molar-refractivity contribution in [3.05, 3.63) is 76.7 Å². The van der Waals surface area contributed by atoms with E-state index in [0.717, 1.165) is 29.0 Å². The van der Waals surface area contributed by atoms with Gasteiger partial charge >= 0.3 is 0 Å². The van der Waals surface area contributed by atoms with Crippen molar-refractivity contribution in [3.63, 3.8) is 0 Å². The SMILES string of the molecule is CC(C)Oc1ccc(C2C3=C(CC(C)(C)CC3=O)Nc3nc(SCc4ccccc4F)nn32)cc1. The number of nitrogens with zero attached hydrogens (tertiary/aromatic N) is 3. The Kier molecular flexibility index (Phi) is 6.17. The van der Waals surface area contributed by atoms with Gasteiger partial charge in [-0.15, -0.1) is 5.10 Å². The van der Waals surface area contributed by atoms with Crippen molar-refractivity contribution in [1.82, 2.24) is 14.8 Å². The molecule has 8 heteroatoms. The molecular formula is C27H29FN4O2S. The fourth-order valence-electron chi connectivity index (χ4n) is 4.72. The van der Waals surface area contributed by atoms with Crippen LogP contribution >= 0.6 is 11.8 Å². The van der Waals surface area contributed by atoms with E-state index in [-0.39, 0.29) is 29.2 Å². The summed E-state index contributed by atoms with van der Waals surface area (Å²) in [6, 6.07) is 14.2. The number of ketones is 1. The molecule has 1 aliphatic carbocycles. The molecule has 0 radical (unpaired) electrons. The van der Waals surface area contributed by atoms with Crippen molar-refractivity contribution < 1.29 is 13.9 Å². The Morgan fingerprint density at radius 2 is 1.91 bits per heavy atom. The van der Waals surface area contributed by atoms with Gasteiger partial charge in [0.25, 0.3) is 0 Å². The van der Waals surface area contributed by atoms with E-state index in [1.165, 1.54) is 17.8 Å². The zero-order valence-corrected chi connectivity index (χ0v) is 21.2. The fourth-order valence-corrected chi connectivity index (χ4v) is 5.53. The maximum Gasteiger partial charge on any atom is 0.227 e. The number of ether oxygens (including phenoxy) is 1. The first-order valence-corrected chi connectivity index (χ1v) is 12.8. The Labute approximate surface area is 209 Å². The van der Waals surface area contributed by atoms with Crippen LogP contribution in [0, 0.1) is 11.2 Å². The van der Waals surface area contributed by atoms with Crippen LogP contribution in [0.4, 0.5) is 10.3 Å². The number of nitrogens with one attached hydrogen (secondary N) is 1. The van der Waals surface area contributed by atoms with Crippen molar-refractivity contribution in [1.29, 1.82) is 0 Å². The summed E-state index contributed by atoms with van der Waals surface area (Å²) in [7, 11) is 0. The smallest absolute Gasteiger partial charge is 0.227 e. The Balaban J connectivity index is 1.51. The second-order valence-electron chi connectivity index (χ2n) is 10.1. The molecule has 1 unspecified atom stereocenters. The number of carbonyl (C=O) groups is 1. The lowest BCUT2D eigenvalue weighted by Gasteiger charge is -2.38. The minimum atomic E-state index is -0.381. The van der Waals surface area contributed by atoms with Gasteiger partial charge in [0.1, 0.15) is 17.6 Å². The second kappa shape index (κ2) is 9.15. The molecule has 1 atom stereocenters. The van der Waals surface area contributed by atoms with Crippen LogP contribution in [0.5, 0.6) is 5.75 Å². The summed E-state index contributed by atoms with van der Waals surface area (Å²) in [6.45, 7) is 8.20. The number of anilines is 1. The molecule has 1 N–H and O–H groups in total. The average Bonchev–Trinajstić information content (AvgIpc) is 3.19. The van der Waals surface area contributed by atoms with E-state index < -0.39 is 0 Å². The molecule has 2 aromatic carbocycles. The summed E-state index contributed by atoms with van der Waals surface area (Å²) in [4.78, 5) is 18.1. The molecule has 182 valence electrons. The van der Waals surface area contributed by atoms with Gasteiger partial charge in [0.05, 0.1) is 6.10 Å². The number of hydrogen-bond acceptors (Lipinski definition) is 6. The number of thioether (sulfide) groups is 1. The summed E-state index contributed by atoms with van der Waals surface area (Å²) in [5, 5.41) is 8.67. The van der Waals surface area contributed by atoms with Crippen molar-refractivity contribution in [2.45, 2.75) is 63.6 Å². The Hall–Kier alpha value is -3.13. The van der Waals surface area contributed by atoms with E-state index in [1.807, 2.05) is 44.2 Å². The fraction of sp³-hybridized carbons (Fsp3) is 0.370. The Morgan fingerprint density at radius 3 is 2.63 bits per heavy atom. The predicted octanol–water partition coefficient (Wildman–Crippen LogP) is 6.15. The van der Waals surface area contributed by atoms with E-state index in [9.17, 15) is 9.18 Å². The number of aromatic nitrogens is 3. The van der Waals surface area contributed by atoms with E-state index in [1.54, 1.807) is 16.8 Å². The van der Waals surface area contributed by atoms with Crippen LogP contribution in [-0.4, -0.2) is 26.7 Å². The predicted molar refractivity (Wildman–Crippen MR) is 135 cm³/mol. The molecule has 1 aliphatic heterocycles. The van der Waals surface area contributed by atoms with Gasteiger partial charge in [-0.1, -0.05) is 55.9 Å². The van der Waals surface area contributed by atoms with Crippen LogP contribution in [-0.2, 0) is 10.5 Å². The van der Waals surface area contributed by atoms with Crippen LogP contribution in [0.1, 0.15) is 57.7 Å². The highest BCUT2D eigenvalue weighted by Crippen LogP contribution is 2.46. The van der Waals surface area contributed by atoms with Crippen molar-refractivity contribution in [2.24, 2.45) is 5.41 Å². The van der Waals surface area contributed by atoms with E-state index in [2.05, 4.69) is 19.2 Å². The standard InChI is InChI=1S/C27H29FN4O2S/c1-16(2)34-19-11-9-17(10-12-19)24-23-21(13-27(3,4)14-22(23)33)29-25-30-26(31-32(24)25)35-15-18-7-5-6-8-20(18)28/h5-12,16,24H,13-15H2,1-4H3,(H,29,30,31). The van der Waals surface area contributed by atoms with Crippen molar-refractivity contribution in [2.75, 3.05) is 5.32 Å². The van der Waals surface area contributed by atoms with Crippen LogP contribution < -0.4 is 10.1 Å². The van der Waals surface area contributed by atoms with Crippen molar-refractivity contribution in [3.8, 4) is 5.75 Å². The molecule has 0 spiro atoms. The van der Waals surface area contributed by atoms with Gasteiger partial charge in [-0.05, 0) is 55.0 Å². The summed E-state index contributed by atoms with van der Waals surface area (Å²) < 4.78 is 21.7. The number of Topliss-reactive ketones (excluding diaryl/α,β-unsaturated/α-hetero) is 1. The summed E-state index contributed by atoms with van der Waals surface area (Å²) in [5.74, 6) is 1.67. The number of benzene rings is 2. The second-order valence-corrected chi connectivity index (χ2v) is 11.1. The summed E-state index contributed by atoms with van der Waals surface area (Å²) in [5.41, 5.74) is 3.06. The van der Waals surface area contributed by atoms with Crippen LogP contribution in [0.25, 0.3) is 0 Å². The third kappa shape index (κ3) is 4.85. The van der Waals surface area contributed by atoms with E-state index in [0.29, 0.717) is 28.8 Å². The quantitative estimate of drug-likeness (QED) is 0.416. The number of fused-ring (bicyclic) bond motifs is 1. The van der Waals surface area contributed by atoms with E-state index >= 15 is 0 Å². The van der Waals surface area contributed by atoms with Gasteiger partial charge in [0, 0.05) is 23.4 Å². The zero-order chi connectivity index (χ0) is 24.7. The Bertz CT molecular complexity index is 1300. The zero-order valence-electron chi connectivity index (χ0n) is 20.3. The van der Waals surface area contributed by atoms with Crippen LogP contribution in [0.2, 0.25) is 0 Å². The van der Waals surface area contributed by atoms with Gasteiger partial charge in [0.15, 0.2) is 5.78 Å². The van der Waals surface area contributed by atoms with Gasteiger partial charge in [0.2, 0.25) is 11.1 Å². The highest BCUT2D eigenvalue weighted by molar-refractivity contribution is 7.98. The molecule has 0 amide bonds. The van der Waals surface area contributed by atoms with Crippen LogP contribution in [0.15, 0.2) is 65.0 Å². The number of hydrogen-bond donors (Lipinski definition) is 1. The molecule has 6 nitrogen and oxygen atoms in total. The third-order valence-electron chi connectivity index (χ3n) is 6.19. The minimum Gasteiger partial charge on any atom is -0.491 e. The first kappa shape index (κ1) is 23.6. The van der Waals surface area contributed by atoms with Gasteiger partial charge in [-0.25, -0.2) is 9.07 Å². The highest BCUT2D eigenvalue weighted by Gasteiger charge is 2.41. The molecule has 1 aromatic heterocycles. The molecule has 0 fully saturated rings. The monoisotopic (exact) mass is 492 g/mol. The van der Waals surface area contributed by atoms with Gasteiger partial charge in [-0.2, -0.15) is 4.98 Å². The normalized spacial score (nSPS) is 18.8. The topological polar surface area (TPSA) is 69.0 Å². The molecule has 0 bridgehead atoms. The number of carbonyl (C=O) groups excluding carboxylic acids is 1. The molecule has 35 heavy (non-hydrogen) atoms. The third-order valence-corrected chi connectivity index (χ3v) is 7.08. The lowest BCUT2D eigenvalue weighted by atomic mass is 9.73. The summed E-state index contributed by atoms with van der Waals surface area (Å²) >= 11 is 1.38. The van der Waals surface area contributed by atoms with Gasteiger partial charge in [-0.3, -0.25) is 4.79 Å². The first-order chi connectivity index (χ1) is 16.7. The number of allylic oxidation sites excluding steroid dienone is 2. The molecule has 5 rings (SSSR count). The number of rotatable bonds is 6. The van der Waals surface area contributed by atoms with Crippen LogP contribution in [0.3, 0.4) is 0 Å². The molecule has 2 aliphatic rings. The summed E-state index contributed by atoms with van der Waals surface area (Å²) in [6.07, 6.45) is 1.31. The lowest BCUT2D eigenvalue weighted by Crippen LogP contribution is -2.36. The minimum absolute atomic E-state index is 0.0761. The average molecular weight is 493 g/mol. The van der Waals surface area contributed by atoms with E-state index in [4.69, 9.17) is 14.8 Å². The lowest BCUT2D eigenvalue weighted by molar-refractivity contribution is -0.118. The Morgan fingerprint density at radius 1 is 1.17 bits per heavy atom. The molecule has 2 heterocycles. The molecule has 3 aromatic rings. The molecule has 0 saturated carbocycles. The maximum atomic E-state index is 14.1. The largest absolute Gasteiger partial charge is 0.491 e. The maximum absolute atomic E-state index is 14.1. The first-order valence-electron chi connectivity index (χ1n) is 11.8. The van der Waals surface area contributed by atoms with Gasteiger partial charge < -0.3 is 10.1 Å².